The summed E-state index contributed by atoms with van der Waals surface area (Å²) < 4.78 is 122. The van der Waals surface area contributed by atoms with Crippen molar-refractivity contribution in [3.05, 3.63) is 22.8 Å². The van der Waals surface area contributed by atoms with Gasteiger partial charge in [0.2, 0.25) is 0 Å². The molecule has 0 aromatic carbocycles. The summed E-state index contributed by atoms with van der Waals surface area (Å²) in [5, 5.41) is 1.14. The lowest BCUT2D eigenvalue weighted by molar-refractivity contribution is -0.366. The number of carbonyl (C=O) groups excluding carboxylic acids is 1. The molecule has 1 unspecified atom stereocenters. The van der Waals surface area contributed by atoms with Crippen LogP contribution in [0.4, 0.5) is 45.3 Å². The SMILES string of the molecule is O=C(Nc1ccc(Br)cn1)C(F)(F)C1(F)OC(F)(F)C(F)(F)C1(F)F. The zero-order valence-corrected chi connectivity index (χ0v) is 12.9. The summed E-state index contributed by atoms with van der Waals surface area (Å²) in [6.07, 6.45) is -5.34. The van der Waals surface area contributed by atoms with E-state index in [-0.39, 0.29) is 0 Å². The first-order valence-electron chi connectivity index (χ1n) is 5.93. The molecule has 4 nitrogen and oxygen atoms in total. The Morgan fingerprint density at radius 3 is 2.04 bits per heavy atom. The molecule has 0 radical (unpaired) electrons. The largest absolute Gasteiger partial charge is 0.428 e. The minimum Gasteiger partial charge on any atom is -0.305 e. The fourth-order valence-electron chi connectivity index (χ4n) is 1.74. The van der Waals surface area contributed by atoms with Gasteiger partial charge < -0.3 is 5.32 Å². The van der Waals surface area contributed by atoms with Gasteiger partial charge in [0, 0.05) is 10.7 Å². The topological polar surface area (TPSA) is 51.2 Å². The van der Waals surface area contributed by atoms with Crippen molar-refractivity contribution in [3.63, 3.8) is 0 Å². The number of rotatable bonds is 3. The summed E-state index contributed by atoms with van der Waals surface area (Å²) in [7, 11) is 0. The first-order valence-corrected chi connectivity index (χ1v) is 6.73. The minimum absolute atomic E-state index is 0.296. The number of hydrogen-bond donors (Lipinski definition) is 1. The number of anilines is 1. The van der Waals surface area contributed by atoms with Crippen LogP contribution in [0, 0.1) is 0 Å². The van der Waals surface area contributed by atoms with Crippen molar-refractivity contribution in [1.29, 1.82) is 0 Å². The van der Waals surface area contributed by atoms with Crippen LogP contribution in [0.15, 0.2) is 22.8 Å². The molecule has 0 saturated carbocycles. The molecule has 1 aromatic rings. The molecule has 1 aromatic heterocycles. The second-order valence-electron chi connectivity index (χ2n) is 4.75. The van der Waals surface area contributed by atoms with Crippen molar-refractivity contribution in [2.45, 2.75) is 29.7 Å². The Balaban J connectivity index is 2.40. The predicted molar refractivity (Wildman–Crippen MR) is 65.3 cm³/mol. The van der Waals surface area contributed by atoms with Gasteiger partial charge >= 0.3 is 35.6 Å². The number of pyridine rings is 1. The minimum atomic E-state index is -6.72. The Labute approximate surface area is 140 Å². The van der Waals surface area contributed by atoms with Gasteiger partial charge in [-0.25, -0.2) is 4.98 Å². The molecule has 140 valence electrons. The Hall–Kier alpha value is -1.57. The second-order valence-corrected chi connectivity index (χ2v) is 5.67. The smallest absolute Gasteiger partial charge is 0.305 e. The molecule has 1 aliphatic rings. The number of hydrogen-bond acceptors (Lipinski definition) is 3. The van der Waals surface area contributed by atoms with Crippen LogP contribution in [0.5, 0.6) is 0 Å². The Morgan fingerprint density at radius 1 is 1.08 bits per heavy atom. The van der Waals surface area contributed by atoms with Gasteiger partial charge in [-0.1, -0.05) is 0 Å². The van der Waals surface area contributed by atoms with Crippen LogP contribution in [0.25, 0.3) is 0 Å². The lowest BCUT2D eigenvalue weighted by Crippen LogP contribution is -2.63. The summed E-state index contributed by atoms with van der Waals surface area (Å²) in [5.74, 6) is -29.5. The highest BCUT2D eigenvalue weighted by molar-refractivity contribution is 9.10. The van der Waals surface area contributed by atoms with Crippen LogP contribution in [0.1, 0.15) is 0 Å². The highest BCUT2D eigenvalue weighted by Crippen LogP contribution is 2.64. The zero-order valence-electron chi connectivity index (χ0n) is 11.3. The molecule has 1 N–H and O–H groups in total. The van der Waals surface area contributed by atoms with Crippen molar-refractivity contribution in [2.24, 2.45) is 0 Å². The normalized spacial score (nSPS) is 27.1. The highest BCUT2D eigenvalue weighted by atomic mass is 79.9. The molecule has 1 fully saturated rings. The van der Waals surface area contributed by atoms with E-state index < -0.39 is 41.5 Å². The van der Waals surface area contributed by atoms with Crippen molar-refractivity contribution in [2.75, 3.05) is 5.32 Å². The van der Waals surface area contributed by atoms with Crippen molar-refractivity contribution in [3.8, 4) is 0 Å². The molecule has 0 aliphatic carbocycles. The maximum Gasteiger partial charge on any atom is 0.428 e. The molecule has 1 amide bonds. The van der Waals surface area contributed by atoms with Gasteiger partial charge in [-0.05, 0) is 28.1 Å². The summed E-state index contributed by atoms with van der Waals surface area (Å²) in [6.45, 7) is 0. The van der Waals surface area contributed by atoms with Crippen molar-refractivity contribution in [1.82, 2.24) is 4.98 Å². The third kappa shape index (κ3) is 2.56. The maximum atomic E-state index is 13.9. The molecule has 1 saturated heterocycles. The third-order valence-electron chi connectivity index (χ3n) is 3.09. The number of ether oxygens (including phenoxy) is 1. The van der Waals surface area contributed by atoms with E-state index in [1.807, 2.05) is 0 Å². The summed E-state index contributed by atoms with van der Waals surface area (Å²) in [4.78, 5) is 14.7. The summed E-state index contributed by atoms with van der Waals surface area (Å²) >= 11 is 2.88. The lowest BCUT2D eigenvalue weighted by atomic mass is 9.99. The van der Waals surface area contributed by atoms with E-state index in [1.165, 1.54) is 0 Å². The van der Waals surface area contributed by atoms with Crippen LogP contribution in [-0.2, 0) is 9.53 Å². The third-order valence-corrected chi connectivity index (χ3v) is 3.56. The molecular formula is C11H4BrF9N2O2. The van der Waals surface area contributed by atoms with Gasteiger partial charge in [-0.15, -0.1) is 0 Å². The van der Waals surface area contributed by atoms with E-state index in [9.17, 15) is 44.3 Å². The zero-order chi connectivity index (χ0) is 19.5. The van der Waals surface area contributed by atoms with E-state index in [1.54, 1.807) is 0 Å². The van der Waals surface area contributed by atoms with Gasteiger partial charge in [-0.3, -0.25) is 9.53 Å². The molecule has 0 bridgehead atoms. The van der Waals surface area contributed by atoms with Crippen LogP contribution in [0.2, 0.25) is 0 Å². The molecule has 2 rings (SSSR count). The first kappa shape index (κ1) is 19.8. The van der Waals surface area contributed by atoms with Crippen LogP contribution < -0.4 is 5.32 Å². The van der Waals surface area contributed by atoms with Gasteiger partial charge in [0.05, 0.1) is 0 Å². The van der Waals surface area contributed by atoms with Gasteiger partial charge in [-0.2, -0.15) is 39.5 Å². The van der Waals surface area contributed by atoms with Crippen LogP contribution >= 0.6 is 15.9 Å². The fraction of sp³-hybridized carbons (Fsp3) is 0.455. The van der Waals surface area contributed by atoms with E-state index in [0.717, 1.165) is 23.6 Å². The van der Waals surface area contributed by atoms with E-state index in [0.29, 0.717) is 4.47 Å². The number of nitrogens with zero attached hydrogens (tertiary/aromatic N) is 1. The average molecular weight is 447 g/mol. The number of alkyl halides is 9. The number of amides is 1. The number of nitrogens with one attached hydrogen (secondary N) is 1. The Kier molecular flexibility index (Phi) is 4.31. The number of halogens is 10. The standard InChI is InChI=1S/C11H4BrF9N2O2/c12-4-1-2-5(22-3-4)23-6(24)7(13,14)10(19)8(15,16)9(17,18)11(20,21)25-10/h1-3H,(H,22,23,24). The Bertz CT molecular complexity index is 697. The molecule has 0 spiro atoms. The first-order chi connectivity index (χ1) is 11.1. The monoisotopic (exact) mass is 446 g/mol. The fourth-order valence-corrected chi connectivity index (χ4v) is 1.98. The van der Waals surface area contributed by atoms with Crippen molar-refractivity contribution < 1.29 is 49.0 Å². The average Bonchev–Trinajstić information content (AvgIpc) is 2.57. The molecule has 1 aliphatic heterocycles. The molecule has 2 heterocycles. The highest BCUT2D eigenvalue weighted by Gasteiger charge is 2.96. The van der Waals surface area contributed by atoms with Crippen molar-refractivity contribution >= 4 is 27.7 Å². The lowest BCUT2D eigenvalue weighted by Gasteiger charge is -2.31. The summed E-state index contributed by atoms with van der Waals surface area (Å²) in [5.41, 5.74) is 0. The predicted octanol–water partition coefficient (Wildman–Crippen LogP) is 3.98. The van der Waals surface area contributed by atoms with E-state index in [2.05, 4.69) is 25.7 Å². The van der Waals surface area contributed by atoms with E-state index >= 15 is 0 Å². The summed E-state index contributed by atoms with van der Waals surface area (Å²) in [6, 6.07) is 1.98. The maximum absolute atomic E-state index is 13.9. The Morgan fingerprint density at radius 2 is 1.64 bits per heavy atom. The number of aromatic nitrogens is 1. The molecule has 25 heavy (non-hydrogen) atoms. The van der Waals surface area contributed by atoms with E-state index in [4.69, 9.17) is 0 Å². The van der Waals surface area contributed by atoms with Gasteiger partial charge in [0.1, 0.15) is 5.82 Å². The quantitative estimate of drug-likeness (QED) is 0.714. The molecule has 14 heteroatoms. The number of carbonyl (C=O) groups is 1. The van der Waals surface area contributed by atoms with Gasteiger partial charge in [0.15, 0.2) is 0 Å². The molecule has 1 atom stereocenters. The van der Waals surface area contributed by atoms with Gasteiger partial charge in [0.25, 0.3) is 0 Å². The second kappa shape index (κ2) is 5.46. The van der Waals surface area contributed by atoms with Crippen LogP contribution in [-0.4, -0.2) is 40.6 Å². The van der Waals surface area contributed by atoms with Crippen LogP contribution in [0.3, 0.4) is 0 Å². The molecular weight excluding hydrogens is 443 g/mol.